The minimum absolute atomic E-state index is 0.132. The molecule has 4 heteroatoms. The maximum absolute atomic E-state index is 8.42. The molecular formula is C7H7N3O. The fourth-order valence-corrected chi connectivity index (χ4v) is 0.687. The summed E-state index contributed by atoms with van der Waals surface area (Å²) in [5.41, 5.74) is 0.825. The van der Waals surface area contributed by atoms with Crippen molar-refractivity contribution in [2.75, 3.05) is 7.11 Å². The molecule has 4 nitrogen and oxygen atoms in total. The van der Waals surface area contributed by atoms with Gasteiger partial charge in [0.25, 0.3) is 0 Å². The van der Waals surface area contributed by atoms with Crippen LogP contribution in [0.25, 0.3) is 0 Å². The van der Waals surface area contributed by atoms with E-state index in [0.717, 1.165) is 5.56 Å². The molecule has 0 fully saturated rings. The summed E-state index contributed by atoms with van der Waals surface area (Å²) < 4.78 is 4.89. The van der Waals surface area contributed by atoms with E-state index >= 15 is 0 Å². The summed E-state index contributed by atoms with van der Waals surface area (Å²) in [6, 6.07) is 1.83. The second-order valence-electron chi connectivity index (χ2n) is 2.00. The quantitative estimate of drug-likeness (QED) is 0.588. The van der Waals surface area contributed by atoms with E-state index in [2.05, 4.69) is 9.97 Å². The molecule has 0 saturated heterocycles. The Morgan fingerprint density at radius 2 is 2.36 bits per heavy atom. The molecule has 11 heavy (non-hydrogen) atoms. The standard InChI is InChI=1S/C7H7N3O/c1-5-4-9-6(3-8)10-7(5)11-2/h4H,1-2H3. The van der Waals surface area contributed by atoms with Crippen LogP contribution < -0.4 is 4.74 Å². The smallest absolute Gasteiger partial charge is 0.235 e. The molecule has 1 aromatic rings. The zero-order chi connectivity index (χ0) is 8.27. The molecular weight excluding hydrogens is 142 g/mol. The zero-order valence-corrected chi connectivity index (χ0v) is 6.33. The lowest BCUT2D eigenvalue weighted by atomic mass is 10.4. The van der Waals surface area contributed by atoms with Crippen LogP contribution in [-0.2, 0) is 0 Å². The molecule has 0 saturated carbocycles. The van der Waals surface area contributed by atoms with E-state index in [1.54, 1.807) is 6.20 Å². The van der Waals surface area contributed by atoms with Crippen LogP contribution in [-0.4, -0.2) is 17.1 Å². The summed E-state index contributed by atoms with van der Waals surface area (Å²) in [5.74, 6) is 0.587. The van der Waals surface area contributed by atoms with Gasteiger partial charge in [-0.15, -0.1) is 0 Å². The van der Waals surface area contributed by atoms with Crippen LogP contribution in [0.5, 0.6) is 5.88 Å². The minimum atomic E-state index is 0.132. The number of ether oxygens (including phenoxy) is 1. The van der Waals surface area contributed by atoms with Crippen molar-refractivity contribution in [3.05, 3.63) is 17.6 Å². The molecule has 0 unspecified atom stereocenters. The average Bonchev–Trinajstić information content (AvgIpc) is 2.05. The van der Waals surface area contributed by atoms with Gasteiger partial charge in [0.2, 0.25) is 11.7 Å². The molecule has 0 aliphatic heterocycles. The normalized spacial score (nSPS) is 8.82. The van der Waals surface area contributed by atoms with Gasteiger partial charge in [-0.1, -0.05) is 0 Å². The maximum Gasteiger partial charge on any atom is 0.235 e. The summed E-state index contributed by atoms with van der Waals surface area (Å²) in [6.45, 7) is 1.82. The van der Waals surface area contributed by atoms with E-state index < -0.39 is 0 Å². The molecule has 1 rings (SSSR count). The van der Waals surface area contributed by atoms with Crippen molar-refractivity contribution < 1.29 is 4.74 Å². The predicted octanol–water partition coefficient (Wildman–Crippen LogP) is 0.665. The third-order valence-electron chi connectivity index (χ3n) is 1.22. The Labute approximate surface area is 64.5 Å². The van der Waals surface area contributed by atoms with Crippen LogP contribution in [0, 0.1) is 18.3 Å². The number of aromatic nitrogens is 2. The van der Waals surface area contributed by atoms with Crippen LogP contribution in [0.3, 0.4) is 0 Å². The fraction of sp³-hybridized carbons (Fsp3) is 0.286. The Kier molecular flexibility index (Phi) is 2.02. The molecule has 56 valence electrons. The number of hydrogen-bond donors (Lipinski definition) is 0. The van der Waals surface area contributed by atoms with Gasteiger partial charge in [-0.05, 0) is 6.92 Å². The third kappa shape index (κ3) is 1.44. The van der Waals surface area contributed by atoms with Crippen molar-refractivity contribution in [1.29, 1.82) is 5.26 Å². The molecule has 0 aliphatic carbocycles. The second-order valence-corrected chi connectivity index (χ2v) is 2.00. The van der Waals surface area contributed by atoms with Crippen LogP contribution in [0.2, 0.25) is 0 Å². The first-order chi connectivity index (χ1) is 5.27. The Morgan fingerprint density at radius 3 is 2.91 bits per heavy atom. The SMILES string of the molecule is COc1nc(C#N)ncc1C. The Hall–Kier alpha value is -1.63. The average molecular weight is 149 g/mol. The second kappa shape index (κ2) is 2.97. The summed E-state index contributed by atoms with van der Waals surface area (Å²) in [7, 11) is 1.51. The first-order valence-corrected chi connectivity index (χ1v) is 3.05. The minimum Gasteiger partial charge on any atom is -0.481 e. The van der Waals surface area contributed by atoms with Gasteiger partial charge in [0, 0.05) is 11.8 Å². The molecule has 1 aromatic heterocycles. The first-order valence-electron chi connectivity index (χ1n) is 3.05. The lowest BCUT2D eigenvalue weighted by Gasteiger charge is -2.00. The number of aryl methyl sites for hydroxylation is 1. The highest BCUT2D eigenvalue weighted by atomic mass is 16.5. The van der Waals surface area contributed by atoms with Gasteiger partial charge < -0.3 is 4.74 Å². The molecule has 0 aliphatic rings. The van der Waals surface area contributed by atoms with E-state index in [4.69, 9.17) is 10.00 Å². The largest absolute Gasteiger partial charge is 0.481 e. The fourth-order valence-electron chi connectivity index (χ4n) is 0.687. The van der Waals surface area contributed by atoms with Gasteiger partial charge in [-0.25, -0.2) is 4.98 Å². The van der Waals surface area contributed by atoms with Crippen molar-refractivity contribution in [3.63, 3.8) is 0 Å². The van der Waals surface area contributed by atoms with Gasteiger partial charge in [-0.3, -0.25) is 0 Å². The number of rotatable bonds is 1. The van der Waals surface area contributed by atoms with Crippen LogP contribution in [0.1, 0.15) is 11.4 Å². The lowest BCUT2D eigenvalue weighted by molar-refractivity contribution is 0.393. The number of hydrogen-bond acceptors (Lipinski definition) is 4. The summed E-state index contributed by atoms with van der Waals surface area (Å²) in [5, 5.41) is 8.42. The van der Waals surface area contributed by atoms with Gasteiger partial charge >= 0.3 is 0 Å². The third-order valence-corrected chi connectivity index (χ3v) is 1.22. The van der Waals surface area contributed by atoms with Crippen molar-refractivity contribution in [2.24, 2.45) is 0 Å². The van der Waals surface area contributed by atoms with E-state index in [-0.39, 0.29) is 5.82 Å². The van der Waals surface area contributed by atoms with Gasteiger partial charge in [0.15, 0.2) is 0 Å². The molecule has 0 bridgehead atoms. The summed E-state index contributed by atoms with van der Waals surface area (Å²) >= 11 is 0. The topological polar surface area (TPSA) is 58.8 Å². The summed E-state index contributed by atoms with van der Waals surface area (Å²) in [4.78, 5) is 7.57. The van der Waals surface area contributed by atoms with Crippen molar-refractivity contribution in [2.45, 2.75) is 6.92 Å². The van der Waals surface area contributed by atoms with Crippen LogP contribution >= 0.6 is 0 Å². The van der Waals surface area contributed by atoms with Gasteiger partial charge in [-0.2, -0.15) is 10.2 Å². The summed E-state index contributed by atoms with van der Waals surface area (Å²) in [6.07, 6.45) is 1.56. The van der Waals surface area contributed by atoms with E-state index in [1.165, 1.54) is 7.11 Å². The highest BCUT2D eigenvalue weighted by molar-refractivity contribution is 5.25. The monoisotopic (exact) mass is 149 g/mol. The highest BCUT2D eigenvalue weighted by Gasteiger charge is 2.01. The van der Waals surface area contributed by atoms with Gasteiger partial charge in [0.05, 0.1) is 7.11 Å². The van der Waals surface area contributed by atoms with Gasteiger partial charge in [0.1, 0.15) is 6.07 Å². The highest BCUT2D eigenvalue weighted by Crippen LogP contribution is 2.10. The van der Waals surface area contributed by atoms with E-state index in [1.807, 2.05) is 13.0 Å². The number of nitriles is 1. The van der Waals surface area contributed by atoms with Crippen molar-refractivity contribution in [1.82, 2.24) is 9.97 Å². The molecule has 1 heterocycles. The van der Waals surface area contributed by atoms with Crippen LogP contribution in [0.4, 0.5) is 0 Å². The van der Waals surface area contributed by atoms with Crippen LogP contribution in [0.15, 0.2) is 6.20 Å². The molecule has 0 spiro atoms. The molecule has 0 amide bonds. The van der Waals surface area contributed by atoms with E-state index in [0.29, 0.717) is 5.88 Å². The maximum atomic E-state index is 8.42. The van der Waals surface area contributed by atoms with Crippen molar-refractivity contribution in [3.8, 4) is 11.9 Å². The molecule has 0 atom stereocenters. The van der Waals surface area contributed by atoms with Crippen molar-refractivity contribution >= 4 is 0 Å². The molecule has 0 N–H and O–H groups in total. The molecule has 0 radical (unpaired) electrons. The first kappa shape index (κ1) is 7.48. The number of nitrogens with zero attached hydrogens (tertiary/aromatic N) is 3. The van der Waals surface area contributed by atoms with E-state index in [9.17, 15) is 0 Å². The molecule has 0 aromatic carbocycles. The number of methoxy groups -OCH3 is 1. The predicted molar refractivity (Wildman–Crippen MR) is 38.0 cm³/mol. The Bertz CT molecular complexity index is 303. The Morgan fingerprint density at radius 1 is 1.64 bits per heavy atom. The zero-order valence-electron chi connectivity index (χ0n) is 6.33. The Balaban J connectivity index is 3.15. The lowest BCUT2D eigenvalue weighted by Crippen LogP contribution is -1.95.